The summed E-state index contributed by atoms with van der Waals surface area (Å²) in [5.74, 6) is 1.42. The van der Waals surface area contributed by atoms with Gasteiger partial charge in [-0.3, -0.25) is 0 Å². The molecule has 0 amide bonds. The fraction of sp³-hybridized carbons (Fsp3) is 0.308. The minimum Gasteiger partial charge on any atom is -0.508 e. The largest absolute Gasteiger partial charge is 0.508 e. The molecule has 0 radical (unpaired) electrons. The molecule has 3 aromatic rings. The second kappa shape index (κ2) is 6.14. The molecule has 8 nitrogen and oxygen atoms in total. The van der Waals surface area contributed by atoms with Crippen molar-refractivity contribution >= 4 is 11.8 Å². The van der Waals surface area contributed by atoms with Crippen molar-refractivity contribution < 1.29 is 9.63 Å². The molecule has 0 aliphatic carbocycles. The van der Waals surface area contributed by atoms with Crippen LogP contribution in [-0.4, -0.2) is 35.5 Å². The number of nitrogens with zero attached hydrogens (tertiary/aromatic N) is 6. The van der Waals surface area contributed by atoms with Gasteiger partial charge in [0.25, 0.3) is 0 Å². The van der Waals surface area contributed by atoms with Crippen molar-refractivity contribution in [1.29, 1.82) is 0 Å². The van der Waals surface area contributed by atoms with Crippen molar-refractivity contribution in [2.75, 3.05) is 0 Å². The topological polar surface area (TPSA) is 103 Å². The van der Waals surface area contributed by atoms with Crippen molar-refractivity contribution in [2.24, 2.45) is 0 Å². The van der Waals surface area contributed by atoms with Crippen molar-refractivity contribution in [2.45, 2.75) is 30.7 Å². The fourth-order valence-corrected chi connectivity index (χ4v) is 2.63. The Morgan fingerprint density at radius 3 is 2.77 bits per heavy atom. The molecule has 0 aliphatic rings. The lowest BCUT2D eigenvalue weighted by atomic mass is 10.3. The summed E-state index contributed by atoms with van der Waals surface area (Å²) in [5, 5.41) is 25.5. The highest BCUT2D eigenvalue weighted by molar-refractivity contribution is 7.99. The zero-order valence-corrected chi connectivity index (χ0v) is 12.9. The highest BCUT2D eigenvalue weighted by Gasteiger charge is 2.19. The molecular formula is C13H14N6O2S. The van der Waals surface area contributed by atoms with Crippen LogP contribution in [0.5, 0.6) is 5.75 Å². The molecule has 1 atom stereocenters. The Kier molecular flexibility index (Phi) is 4.05. The lowest BCUT2D eigenvalue weighted by molar-refractivity contribution is 0.375. The molecule has 0 saturated carbocycles. The minimum absolute atomic E-state index is 0.0744. The Balaban J connectivity index is 1.81. The fourth-order valence-electron chi connectivity index (χ4n) is 1.79. The third-order valence-electron chi connectivity index (χ3n) is 2.97. The summed E-state index contributed by atoms with van der Waals surface area (Å²) in [4.78, 5) is 4.31. The molecule has 9 heteroatoms. The molecule has 1 unspecified atom stereocenters. The van der Waals surface area contributed by atoms with Gasteiger partial charge in [-0.2, -0.15) is 9.67 Å². The first-order valence-corrected chi connectivity index (χ1v) is 7.62. The van der Waals surface area contributed by atoms with Gasteiger partial charge in [0.15, 0.2) is 5.82 Å². The van der Waals surface area contributed by atoms with Gasteiger partial charge in [0.2, 0.25) is 11.0 Å². The molecular weight excluding hydrogens is 304 g/mol. The molecule has 0 fully saturated rings. The summed E-state index contributed by atoms with van der Waals surface area (Å²) in [6.45, 7) is 3.92. The molecule has 2 heterocycles. The van der Waals surface area contributed by atoms with Crippen LogP contribution in [-0.2, 0) is 6.42 Å². The Labute approximate surface area is 130 Å². The van der Waals surface area contributed by atoms with Crippen LogP contribution in [0.4, 0.5) is 0 Å². The van der Waals surface area contributed by atoms with Gasteiger partial charge in [0.05, 0.1) is 10.9 Å². The summed E-state index contributed by atoms with van der Waals surface area (Å²) in [6, 6.07) is 6.64. The van der Waals surface area contributed by atoms with Gasteiger partial charge >= 0.3 is 0 Å². The quantitative estimate of drug-likeness (QED) is 0.714. The molecule has 3 rings (SSSR count). The number of rotatable bonds is 5. The van der Waals surface area contributed by atoms with Crippen LogP contribution in [0.15, 0.2) is 33.9 Å². The number of phenols is 1. The number of aromatic nitrogens is 6. The maximum atomic E-state index is 9.35. The van der Waals surface area contributed by atoms with E-state index in [0.717, 1.165) is 12.1 Å². The van der Waals surface area contributed by atoms with E-state index in [1.165, 1.54) is 11.8 Å². The summed E-state index contributed by atoms with van der Waals surface area (Å²) in [7, 11) is 0. The van der Waals surface area contributed by atoms with Crippen molar-refractivity contribution in [3.63, 3.8) is 0 Å². The first-order chi connectivity index (χ1) is 10.7. The maximum Gasteiger partial charge on any atom is 0.239 e. The second-order valence-corrected chi connectivity index (χ2v) is 5.86. The lowest BCUT2D eigenvalue weighted by Crippen LogP contribution is -2.00. The van der Waals surface area contributed by atoms with Gasteiger partial charge in [-0.1, -0.05) is 23.8 Å². The van der Waals surface area contributed by atoms with Gasteiger partial charge in [-0.25, -0.2) is 0 Å². The van der Waals surface area contributed by atoms with Crippen LogP contribution in [0.2, 0.25) is 0 Å². The third-order valence-corrected chi connectivity index (χ3v) is 3.99. The highest BCUT2D eigenvalue weighted by atomic mass is 32.2. The third kappa shape index (κ3) is 2.93. The Hall–Kier alpha value is -2.42. The summed E-state index contributed by atoms with van der Waals surface area (Å²) in [6.07, 6.45) is 0.728. The van der Waals surface area contributed by atoms with E-state index in [0.29, 0.717) is 16.9 Å². The molecule has 1 aromatic carbocycles. The van der Waals surface area contributed by atoms with E-state index in [1.807, 2.05) is 13.8 Å². The Morgan fingerprint density at radius 2 is 2.09 bits per heavy atom. The average Bonchev–Trinajstić information content (AvgIpc) is 3.17. The number of hydrogen-bond acceptors (Lipinski definition) is 8. The highest BCUT2D eigenvalue weighted by Crippen LogP contribution is 2.33. The standard InChI is InChI=1S/C13H14N6O2S/c1-3-11-14-12(21-16-11)8(2)22-13-15-17-18-19(13)9-4-6-10(20)7-5-9/h4-8,20H,3H2,1-2H3. The Morgan fingerprint density at radius 1 is 1.32 bits per heavy atom. The normalized spacial score (nSPS) is 12.5. The first-order valence-electron chi connectivity index (χ1n) is 6.74. The summed E-state index contributed by atoms with van der Waals surface area (Å²) < 4.78 is 6.83. The predicted octanol–water partition coefficient (Wildman–Crippen LogP) is 2.17. The SMILES string of the molecule is CCc1noc(C(C)Sc2nnnn2-c2ccc(O)cc2)n1. The second-order valence-electron chi connectivity index (χ2n) is 4.55. The van der Waals surface area contributed by atoms with E-state index in [2.05, 4.69) is 25.7 Å². The van der Waals surface area contributed by atoms with Crippen molar-refractivity contribution in [3.8, 4) is 11.4 Å². The van der Waals surface area contributed by atoms with Gasteiger partial charge in [0.1, 0.15) is 5.75 Å². The van der Waals surface area contributed by atoms with Crippen LogP contribution in [0.3, 0.4) is 0 Å². The zero-order chi connectivity index (χ0) is 15.5. The first kappa shape index (κ1) is 14.5. The van der Waals surface area contributed by atoms with Crippen LogP contribution < -0.4 is 0 Å². The van der Waals surface area contributed by atoms with Gasteiger partial charge < -0.3 is 9.63 Å². The van der Waals surface area contributed by atoms with Crippen LogP contribution in [0, 0.1) is 0 Å². The van der Waals surface area contributed by atoms with E-state index >= 15 is 0 Å². The van der Waals surface area contributed by atoms with Crippen molar-refractivity contribution in [3.05, 3.63) is 36.0 Å². The average molecular weight is 318 g/mol. The number of thioether (sulfide) groups is 1. The molecule has 114 valence electrons. The maximum absolute atomic E-state index is 9.35. The molecule has 0 aliphatic heterocycles. The molecule has 1 N–H and O–H groups in total. The van der Waals surface area contributed by atoms with Gasteiger partial charge in [-0.05, 0) is 41.6 Å². The zero-order valence-electron chi connectivity index (χ0n) is 12.0. The molecule has 0 spiro atoms. The minimum atomic E-state index is -0.0744. The molecule has 0 bridgehead atoms. The lowest BCUT2D eigenvalue weighted by Gasteiger charge is -2.07. The number of aromatic hydroxyl groups is 1. The smallest absolute Gasteiger partial charge is 0.239 e. The summed E-state index contributed by atoms with van der Waals surface area (Å²) >= 11 is 1.42. The van der Waals surface area contributed by atoms with E-state index < -0.39 is 0 Å². The summed E-state index contributed by atoms with van der Waals surface area (Å²) in [5.41, 5.74) is 0.761. The molecule has 2 aromatic heterocycles. The van der Waals surface area contributed by atoms with E-state index in [1.54, 1.807) is 28.9 Å². The molecule has 0 saturated heterocycles. The number of benzene rings is 1. The van der Waals surface area contributed by atoms with E-state index in [-0.39, 0.29) is 11.0 Å². The van der Waals surface area contributed by atoms with E-state index in [4.69, 9.17) is 4.52 Å². The number of hydrogen-bond donors (Lipinski definition) is 1. The number of aryl methyl sites for hydroxylation is 1. The Bertz CT molecular complexity index is 754. The van der Waals surface area contributed by atoms with Crippen LogP contribution in [0.1, 0.15) is 30.8 Å². The van der Waals surface area contributed by atoms with Crippen LogP contribution >= 0.6 is 11.8 Å². The molecule has 22 heavy (non-hydrogen) atoms. The number of tetrazole rings is 1. The van der Waals surface area contributed by atoms with Gasteiger partial charge in [0, 0.05) is 6.42 Å². The van der Waals surface area contributed by atoms with Gasteiger partial charge in [-0.15, -0.1) is 5.10 Å². The number of phenolic OH excluding ortho intramolecular Hbond substituents is 1. The van der Waals surface area contributed by atoms with E-state index in [9.17, 15) is 5.11 Å². The predicted molar refractivity (Wildman–Crippen MR) is 78.8 cm³/mol. The van der Waals surface area contributed by atoms with Crippen LogP contribution in [0.25, 0.3) is 5.69 Å². The monoisotopic (exact) mass is 318 g/mol. The van der Waals surface area contributed by atoms with Crippen molar-refractivity contribution in [1.82, 2.24) is 30.3 Å².